The quantitative estimate of drug-likeness (QED) is 0.213. The molecule has 0 spiro atoms. The highest BCUT2D eigenvalue weighted by Gasteiger charge is 2.37. The van der Waals surface area contributed by atoms with E-state index >= 15 is 0 Å². The third-order valence-electron chi connectivity index (χ3n) is 8.08. The molecule has 2 aliphatic rings. The Balaban J connectivity index is 1.63. The molecule has 0 N–H and O–H groups in total. The fourth-order valence-electron chi connectivity index (χ4n) is 6.06. The lowest BCUT2D eigenvalue weighted by molar-refractivity contribution is -0.259. The zero-order valence-corrected chi connectivity index (χ0v) is 25.7. The van der Waals surface area contributed by atoms with E-state index in [4.69, 9.17) is 37.9 Å². The van der Waals surface area contributed by atoms with Gasteiger partial charge < -0.3 is 37.9 Å². The van der Waals surface area contributed by atoms with Gasteiger partial charge in [-0.15, -0.1) is 0 Å². The highest BCUT2D eigenvalue weighted by Crippen LogP contribution is 2.49. The van der Waals surface area contributed by atoms with Crippen LogP contribution in [0.25, 0.3) is 27.7 Å². The summed E-state index contributed by atoms with van der Waals surface area (Å²) in [4.78, 5) is 0. The smallest absolute Gasteiger partial charge is 0.163 e. The summed E-state index contributed by atoms with van der Waals surface area (Å²) in [7, 11) is 4.91. The molecule has 3 aromatic rings. The SMILES string of the molecule is C=C1OCc2c1c(-c1ccc(C)c(OCC)c1)c1cc(OC)c(OC)cc1c2CC1CC(C)C(OC(C)OCOC)O1. The molecule has 0 radical (unpaired) electrons. The van der Waals surface area contributed by atoms with Gasteiger partial charge in [-0.1, -0.05) is 25.6 Å². The molecule has 8 heteroatoms. The number of hydrogen-bond donors (Lipinski definition) is 0. The third-order valence-corrected chi connectivity index (χ3v) is 8.08. The summed E-state index contributed by atoms with van der Waals surface area (Å²) in [6, 6.07) is 10.5. The molecule has 0 aliphatic carbocycles. The van der Waals surface area contributed by atoms with Crippen LogP contribution in [0.15, 0.2) is 36.9 Å². The Bertz CT molecular complexity index is 1450. The van der Waals surface area contributed by atoms with Crippen molar-refractivity contribution in [2.75, 3.05) is 34.7 Å². The second-order valence-electron chi connectivity index (χ2n) is 10.9. The van der Waals surface area contributed by atoms with Crippen molar-refractivity contribution in [3.05, 3.63) is 59.2 Å². The van der Waals surface area contributed by atoms with Crippen molar-refractivity contribution in [2.24, 2.45) is 5.92 Å². The van der Waals surface area contributed by atoms with Crippen LogP contribution in [0.3, 0.4) is 0 Å². The van der Waals surface area contributed by atoms with Crippen LogP contribution >= 0.6 is 0 Å². The van der Waals surface area contributed by atoms with Gasteiger partial charge in [-0.25, -0.2) is 0 Å². The highest BCUT2D eigenvalue weighted by molar-refractivity contribution is 6.06. The fourth-order valence-corrected chi connectivity index (χ4v) is 6.06. The second kappa shape index (κ2) is 12.9. The molecule has 0 amide bonds. The Morgan fingerprint density at radius 3 is 2.43 bits per heavy atom. The van der Waals surface area contributed by atoms with Crippen LogP contribution in [0.2, 0.25) is 0 Å². The van der Waals surface area contributed by atoms with Gasteiger partial charge >= 0.3 is 0 Å². The second-order valence-corrected chi connectivity index (χ2v) is 10.9. The molecule has 2 aliphatic heterocycles. The predicted molar refractivity (Wildman–Crippen MR) is 162 cm³/mol. The molecule has 1 saturated heterocycles. The maximum absolute atomic E-state index is 6.46. The van der Waals surface area contributed by atoms with Gasteiger partial charge in [0.15, 0.2) is 24.1 Å². The van der Waals surface area contributed by atoms with Crippen molar-refractivity contribution in [3.63, 3.8) is 0 Å². The number of ether oxygens (including phenoxy) is 8. The van der Waals surface area contributed by atoms with E-state index in [9.17, 15) is 0 Å². The molecule has 1 fully saturated rings. The molecule has 0 saturated carbocycles. The van der Waals surface area contributed by atoms with Gasteiger partial charge in [0.05, 0.1) is 26.9 Å². The lowest BCUT2D eigenvalue weighted by atomic mass is 9.84. The van der Waals surface area contributed by atoms with Crippen LogP contribution in [0, 0.1) is 12.8 Å². The lowest BCUT2D eigenvalue weighted by Crippen LogP contribution is -2.26. The van der Waals surface area contributed by atoms with Gasteiger partial charge in [0.1, 0.15) is 24.9 Å². The van der Waals surface area contributed by atoms with E-state index in [1.807, 2.05) is 13.8 Å². The van der Waals surface area contributed by atoms with Gasteiger partial charge in [0.2, 0.25) is 0 Å². The van der Waals surface area contributed by atoms with Gasteiger partial charge in [-0.3, -0.25) is 0 Å². The minimum Gasteiger partial charge on any atom is -0.494 e. The summed E-state index contributed by atoms with van der Waals surface area (Å²) in [5.74, 6) is 3.03. The van der Waals surface area contributed by atoms with Crippen LogP contribution in [-0.4, -0.2) is 53.4 Å². The Labute approximate surface area is 248 Å². The van der Waals surface area contributed by atoms with Crippen molar-refractivity contribution >= 4 is 16.5 Å². The van der Waals surface area contributed by atoms with E-state index < -0.39 is 6.29 Å². The topological polar surface area (TPSA) is 73.8 Å². The standard InChI is InChI=1S/C34H42O8/c1-9-38-29-13-23(11-10-19(29)2)33-27-16-31(37-8)30(36-7)15-26(27)25(28-17-39-21(4)32(28)33)14-24-12-20(3)34(42-24)41-22(5)40-18-35-6/h10-11,13,15-16,20,22,24,34H,4,9,12,14,17-18H2,1-3,5-8H3. The molecule has 4 unspecified atom stereocenters. The number of methoxy groups -OCH3 is 3. The average Bonchev–Trinajstić information content (AvgIpc) is 3.53. The Morgan fingerprint density at radius 2 is 1.74 bits per heavy atom. The first-order valence-corrected chi connectivity index (χ1v) is 14.5. The fraction of sp³-hybridized carbons (Fsp3) is 0.471. The summed E-state index contributed by atoms with van der Waals surface area (Å²) in [5.41, 5.74) is 6.43. The van der Waals surface area contributed by atoms with Crippen molar-refractivity contribution in [3.8, 4) is 28.4 Å². The van der Waals surface area contributed by atoms with Crippen LogP contribution in [0.1, 0.15) is 49.4 Å². The van der Waals surface area contributed by atoms with Gasteiger partial charge in [-0.2, -0.15) is 0 Å². The molecule has 2 heterocycles. The maximum Gasteiger partial charge on any atom is 0.163 e. The summed E-state index contributed by atoms with van der Waals surface area (Å²) >= 11 is 0. The van der Waals surface area contributed by atoms with Crippen LogP contribution in [-0.2, 0) is 36.7 Å². The Kier molecular flexibility index (Phi) is 9.28. The Hall–Kier alpha value is -3.30. The minimum absolute atomic E-state index is 0.0522. The summed E-state index contributed by atoms with van der Waals surface area (Å²) in [6.45, 7) is 13.6. The first-order valence-electron chi connectivity index (χ1n) is 14.5. The van der Waals surface area contributed by atoms with Crippen LogP contribution in [0.5, 0.6) is 17.2 Å². The van der Waals surface area contributed by atoms with E-state index in [0.29, 0.717) is 36.9 Å². The number of benzene rings is 3. The molecule has 3 aromatic carbocycles. The van der Waals surface area contributed by atoms with Crippen molar-refractivity contribution in [1.82, 2.24) is 0 Å². The molecule has 0 aromatic heterocycles. The van der Waals surface area contributed by atoms with E-state index in [0.717, 1.165) is 56.3 Å². The van der Waals surface area contributed by atoms with E-state index in [-0.39, 0.29) is 25.1 Å². The monoisotopic (exact) mass is 578 g/mol. The van der Waals surface area contributed by atoms with Gasteiger partial charge in [0.25, 0.3) is 0 Å². The van der Waals surface area contributed by atoms with Crippen molar-refractivity contribution in [1.29, 1.82) is 0 Å². The van der Waals surface area contributed by atoms with E-state index in [1.165, 1.54) is 0 Å². The normalized spacial score (nSPS) is 20.5. The predicted octanol–water partition coefficient (Wildman–Crippen LogP) is 7.01. The van der Waals surface area contributed by atoms with Gasteiger partial charge in [-0.05, 0) is 79.3 Å². The number of fused-ring (bicyclic) bond motifs is 2. The third kappa shape index (κ3) is 5.81. The van der Waals surface area contributed by atoms with E-state index in [1.54, 1.807) is 21.3 Å². The molecule has 0 bridgehead atoms. The lowest BCUT2D eigenvalue weighted by Gasteiger charge is -2.23. The largest absolute Gasteiger partial charge is 0.494 e. The van der Waals surface area contributed by atoms with Crippen LogP contribution < -0.4 is 14.2 Å². The maximum atomic E-state index is 6.46. The number of rotatable bonds is 12. The summed E-state index contributed by atoms with van der Waals surface area (Å²) < 4.78 is 46.7. The first kappa shape index (κ1) is 30.2. The van der Waals surface area contributed by atoms with Crippen molar-refractivity contribution < 1.29 is 37.9 Å². The average molecular weight is 579 g/mol. The Morgan fingerprint density at radius 1 is 1.00 bits per heavy atom. The zero-order valence-electron chi connectivity index (χ0n) is 25.7. The van der Waals surface area contributed by atoms with Gasteiger partial charge in [0, 0.05) is 29.7 Å². The summed E-state index contributed by atoms with van der Waals surface area (Å²) in [5, 5.41) is 2.09. The van der Waals surface area contributed by atoms with Crippen LogP contribution in [0.4, 0.5) is 0 Å². The molecular formula is C34H42O8. The molecule has 5 rings (SSSR count). The summed E-state index contributed by atoms with van der Waals surface area (Å²) in [6.07, 6.45) is 0.672. The van der Waals surface area contributed by atoms with E-state index in [2.05, 4.69) is 50.8 Å². The highest BCUT2D eigenvalue weighted by atomic mass is 16.8. The number of hydrogen-bond acceptors (Lipinski definition) is 8. The number of aryl methyl sites for hydroxylation is 1. The molecule has 42 heavy (non-hydrogen) atoms. The zero-order chi connectivity index (χ0) is 30.0. The molecular weight excluding hydrogens is 536 g/mol. The minimum atomic E-state index is -0.440. The van der Waals surface area contributed by atoms with Crippen molar-refractivity contribution in [2.45, 2.75) is 65.8 Å². The molecule has 8 nitrogen and oxygen atoms in total. The first-order chi connectivity index (χ1) is 20.3. The molecule has 226 valence electrons. The molecule has 4 atom stereocenters.